The van der Waals surface area contributed by atoms with E-state index < -0.39 is 25.8 Å². The van der Waals surface area contributed by atoms with Crippen molar-refractivity contribution in [1.29, 1.82) is 0 Å². The maximum Gasteiger partial charge on any atom is 0.264 e. The van der Waals surface area contributed by atoms with Gasteiger partial charge in [0.05, 0.1) is 9.79 Å². The maximum absolute atomic E-state index is 12.1. The van der Waals surface area contributed by atoms with Gasteiger partial charge in [-0.3, -0.25) is 4.79 Å². The number of carbonyl (C=O) groups excluding carboxylic acids is 1. The van der Waals surface area contributed by atoms with Crippen molar-refractivity contribution in [2.75, 3.05) is 6.26 Å². The number of hydrogen-bond donors (Lipinski definition) is 1. The van der Waals surface area contributed by atoms with Crippen molar-refractivity contribution in [1.82, 2.24) is 4.72 Å². The summed E-state index contributed by atoms with van der Waals surface area (Å²) in [5, 5.41) is 3.62. The average molecular weight is 371 g/mol. The second-order valence-corrected chi connectivity index (χ2v) is 9.08. The van der Waals surface area contributed by atoms with Gasteiger partial charge in [0.1, 0.15) is 0 Å². The summed E-state index contributed by atoms with van der Waals surface area (Å²) in [5.41, 5.74) is 0.779. The van der Waals surface area contributed by atoms with Crippen molar-refractivity contribution >= 4 is 43.2 Å². The van der Waals surface area contributed by atoms with Crippen LogP contribution in [0.15, 0.2) is 57.0 Å². The number of thiophene rings is 1. The van der Waals surface area contributed by atoms with Gasteiger partial charge in [-0.05, 0) is 46.7 Å². The van der Waals surface area contributed by atoms with Gasteiger partial charge < -0.3 is 0 Å². The summed E-state index contributed by atoms with van der Waals surface area (Å²) >= 11 is 1.45. The lowest BCUT2D eigenvalue weighted by molar-refractivity contribution is -0.114. The third kappa shape index (κ3) is 4.75. The first-order valence-corrected chi connectivity index (χ1v) is 10.6. The molecule has 1 aromatic heterocycles. The third-order valence-electron chi connectivity index (χ3n) is 2.75. The molecule has 1 N–H and O–H groups in total. The van der Waals surface area contributed by atoms with E-state index in [1.807, 2.05) is 10.1 Å². The number of amides is 1. The van der Waals surface area contributed by atoms with Crippen molar-refractivity contribution < 1.29 is 21.6 Å². The average Bonchev–Trinajstić information content (AvgIpc) is 2.97. The van der Waals surface area contributed by atoms with Crippen LogP contribution in [0.1, 0.15) is 5.56 Å². The molecule has 2 rings (SSSR count). The molecule has 0 saturated heterocycles. The first-order valence-electron chi connectivity index (χ1n) is 6.26. The first kappa shape index (κ1) is 17.4. The van der Waals surface area contributed by atoms with E-state index in [2.05, 4.69) is 0 Å². The Labute approximate surface area is 138 Å². The van der Waals surface area contributed by atoms with Crippen molar-refractivity contribution in [2.24, 2.45) is 0 Å². The highest BCUT2D eigenvalue weighted by molar-refractivity contribution is 7.91. The third-order valence-corrected chi connectivity index (χ3v) is 5.91. The Balaban J connectivity index is 2.20. The molecule has 0 aliphatic rings. The van der Waals surface area contributed by atoms with Gasteiger partial charge in [-0.1, -0.05) is 6.07 Å². The highest BCUT2D eigenvalue weighted by atomic mass is 32.2. The molecule has 2 aromatic rings. The molecule has 0 unspecified atom stereocenters. The molecule has 1 aromatic carbocycles. The summed E-state index contributed by atoms with van der Waals surface area (Å²) in [5.74, 6) is -0.819. The van der Waals surface area contributed by atoms with Crippen molar-refractivity contribution in [2.45, 2.75) is 9.79 Å². The van der Waals surface area contributed by atoms with Gasteiger partial charge in [-0.2, -0.15) is 11.3 Å². The highest BCUT2D eigenvalue weighted by Gasteiger charge is 2.18. The largest absolute Gasteiger partial charge is 0.269 e. The van der Waals surface area contributed by atoms with Crippen molar-refractivity contribution in [3.8, 4) is 0 Å². The Kier molecular flexibility index (Phi) is 5.03. The zero-order valence-electron chi connectivity index (χ0n) is 12.0. The van der Waals surface area contributed by atoms with Crippen molar-refractivity contribution in [3.63, 3.8) is 0 Å². The Hall–Kier alpha value is -1.97. The van der Waals surface area contributed by atoms with E-state index in [1.54, 1.807) is 11.4 Å². The molecule has 0 aliphatic carbocycles. The summed E-state index contributed by atoms with van der Waals surface area (Å²) in [4.78, 5) is 11.3. The van der Waals surface area contributed by atoms with Gasteiger partial charge in [-0.25, -0.2) is 21.6 Å². The number of hydrogen-bond acceptors (Lipinski definition) is 6. The van der Waals surface area contributed by atoms with Gasteiger partial charge >= 0.3 is 0 Å². The van der Waals surface area contributed by atoms with Crippen LogP contribution in [0.25, 0.3) is 6.08 Å². The number of rotatable bonds is 5. The number of sulfonamides is 1. The zero-order chi connectivity index (χ0) is 17.1. The lowest BCUT2D eigenvalue weighted by atomic mass is 10.3. The minimum absolute atomic E-state index is 0.137. The van der Waals surface area contributed by atoms with Gasteiger partial charge in [0, 0.05) is 12.3 Å². The normalized spacial score (nSPS) is 12.4. The predicted octanol–water partition coefficient (Wildman–Crippen LogP) is 1.67. The van der Waals surface area contributed by atoms with Crippen LogP contribution in [-0.2, 0) is 24.7 Å². The second-order valence-electron chi connectivity index (χ2n) is 4.61. The van der Waals surface area contributed by atoms with Crippen LogP contribution in [0.2, 0.25) is 0 Å². The number of carbonyl (C=O) groups is 1. The van der Waals surface area contributed by atoms with E-state index in [9.17, 15) is 21.6 Å². The van der Waals surface area contributed by atoms with Crippen LogP contribution in [0.4, 0.5) is 0 Å². The van der Waals surface area contributed by atoms with Crippen LogP contribution >= 0.6 is 11.3 Å². The van der Waals surface area contributed by atoms with Crippen LogP contribution < -0.4 is 4.72 Å². The predicted molar refractivity (Wildman–Crippen MR) is 88.2 cm³/mol. The minimum atomic E-state index is -4.15. The summed E-state index contributed by atoms with van der Waals surface area (Å²) in [6.45, 7) is 0. The molecule has 1 heterocycles. The minimum Gasteiger partial charge on any atom is -0.269 e. The monoisotopic (exact) mass is 371 g/mol. The Morgan fingerprint density at radius 3 is 2.43 bits per heavy atom. The molecule has 0 atom stereocenters. The summed E-state index contributed by atoms with van der Waals surface area (Å²) in [6, 6.07) is 6.59. The summed E-state index contributed by atoms with van der Waals surface area (Å²) in [7, 11) is -7.69. The summed E-state index contributed by atoms with van der Waals surface area (Å²) in [6.07, 6.45) is 3.55. The fourth-order valence-electron chi connectivity index (χ4n) is 1.64. The molecular weight excluding hydrogens is 358 g/mol. The standard InChI is InChI=1S/C14H13NO5S3/c1-22(17,18)12-3-2-4-13(9-12)23(19,20)15-14(16)6-5-11-7-8-21-10-11/h2-10H,1H3,(H,15,16). The number of sulfone groups is 1. The van der Waals surface area contributed by atoms with Gasteiger partial charge in [0.2, 0.25) is 0 Å². The van der Waals surface area contributed by atoms with E-state index in [1.165, 1.54) is 35.6 Å². The highest BCUT2D eigenvalue weighted by Crippen LogP contribution is 2.15. The molecule has 0 aliphatic heterocycles. The van der Waals surface area contributed by atoms with E-state index in [-0.39, 0.29) is 9.79 Å². The quantitative estimate of drug-likeness (QED) is 0.807. The Morgan fingerprint density at radius 2 is 1.83 bits per heavy atom. The lowest BCUT2D eigenvalue weighted by Gasteiger charge is -2.06. The fraction of sp³-hybridized carbons (Fsp3) is 0.0714. The van der Waals surface area contributed by atoms with E-state index in [0.717, 1.165) is 24.0 Å². The number of nitrogens with one attached hydrogen (secondary N) is 1. The zero-order valence-corrected chi connectivity index (χ0v) is 14.4. The molecule has 0 fully saturated rings. The SMILES string of the molecule is CS(=O)(=O)c1cccc(S(=O)(=O)NC(=O)C=Cc2ccsc2)c1. The molecule has 6 nitrogen and oxygen atoms in total. The van der Waals surface area contributed by atoms with Gasteiger partial charge in [-0.15, -0.1) is 0 Å². The van der Waals surface area contributed by atoms with Crippen molar-refractivity contribution in [3.05, 3.63) is 52.7 Å². The first-order chi connectivity index (χ1) is 10.7. The Bertz CT molecular complexity index is 942. The molecular formula is C14H13NO5S3. The van der Waals surface area contributed by atoms with E-state index in [0.29, 0.717) is 0 Å². The molecule has 0 bridgehead atoms. The topological polar surface area (TPSA) is 97.4 Å². The molecule has 1 amide bonds. The molecule has 23 heavy (non-hydrogen) atoms. The van der Waals surface area contributed by atoms with Crippen LogP contribution in [-0.4, -0.2) is 29.0 Å². The summed E-state index contributed by atoms with van der Waals surface area (Å²) < 4.78 is 49.1. The van der Waals surface area contributed by atoms with Crippen LogP contribution in [0, 0.1) is 0 Å². The second kappa shape index (κ2) is 6.65. The van der Waals surface area contributed by atoms with Crippen LogP contribution in [0.5, 0.6) is 0 Å². The van der Waals surface area contributed by atoms with Gasteiger partial charge in [0.15, 0.2) is 9.84 Å². The molecule has 9 heteroatoms. The van der Waals surface area contributed by atoms with Gasteiger partial charge in [0.25, 0.3) is 15.9 Å². The molecule has 0 saturated carbocycles. The molecule has 122 valence electrons. The fourth-order valence-corrected chi connectivity index (χ4v) is 4.00. The van der Waals surface area contributed by atoms with E-state index in [4.69, 9.17) is 0 Å². The number of benzene rings is 1. The van der Waals surface area contributed by atoms with Crippen LogP contribution in [0.3, 0.4) is 0 Å². The maximum atomic E-state index is 12.1. The smallest absolute Gasteiger partial charge is 0.264 e. The lowest BCUT2D eigenvalue weighted by Crippen LogP contribution is -2.29. The Morgan fingerprint density at radius 1 is 1.13 bits per heavy atom. The molecule has 0 radical (unpaired) electrons. The molecule has 0 spiro atoms. The van der Waals surface area contributed by atoms with E-state index >= 15 is 0 Å².